The molecule has 48 heavy (non-hydrogen) atoms. The summed E-state index contributed by atoms with van der Waals surface area (Å²) in [5.41, 5.74) is 3.40. The summed E-state index contributed by atoms with van der Waals surface area (Å²) in [4.78, 5) is 39.1. The van der Waals surface area contributed by atoms with Crippen LogP contribution in [0.1, 0.15) is 33.5 Å². The lowest BCUT2D eigenvalue weighted by Crippen LogP contribution is -2.48. The molecule has 3 aromatic heterocycles. The van der Waals surface area contributed by atoms with E-state index in [9.17, 15) is 9.59 Å². The van der Waals surface area contributed by atoms with Gasteiger partial charge < -0.3 is 24.3 Å². The second kappa shape index (κ2) is 16.6. The number of fused-ring (bicyclic) bond motifs is 1. The monoisotopic (exact) mass is 818 g/mol. The van der Waals surface area contributed by atoms with Crippen molar-refractivity contribution in [2.45, 2.75) is 13.5 Å². The van der Waals surface area contributed by atoms with Gasteiger partial charge in [-0.05, 0) is 67.6 Å². The predicted octanol–water partition coefficient (Wildman–Crippen LogP) is 7.83. The standard InChI is InChI=1S/C34H32Cl2N6O4.2BrH/c1-3-45-27-7-5-25(37-20-27)21-41-12-14-42(15-13-41)34(44)31-18-23-16-26(8-10-30(23)40(31)2)46-32-11-6-24(19-38-32)39-33(43)22-4-9-28(35)29(36)17-22;;/h4-11,16-20H,3,12-15,21H2,1-2H3,(H,39,43);2*1H. The minimum absolute atomic E-state index is 0. The average molecular weight is 821 g/mol. The van der Waals surface area contributed by atoms with E-state index < -0.39 is 0 Å². The molecule has 4 heterocycles. The molecule has 0 atom stereocenters. The lowest BCUT2D eigenvalue weighted by molar-refractivity contribution is 0.0618. The molecule has 5 aromatic rings. The Hall–Kier alpha value is -3.68. The van der Waals surface area contributed by atoms with E-state index >= 15 is 0 Å². The first-order valence-electron chi connectivity index (χ1n) is 14.9. The molecule has 1 fully saturated rings. The summed E-state index contributed by atoms with van der Waals surface area (Å²) in [7, 11) is 1.90. The van der Waals surface area contributed by atoms with E-state index in [1.54, 1.807) is 30.5 Å². The number of ether oxygens (including phenoxy) is 2. The SMILES string of the molecule is Br.Br.CCOc1ccc(CN2CCN(C(=O)c3cc4cc(Oc5ccc(NC(=O)c6ccc(Cl)c(Cl)c6)cn5)ccc4n3C)CC2)nc1. The number of pyridine rings is 2. The average Bonchev–Trinajstić information content (AvgIpc) is 3.39. The van der Waals surface area contributed by atoms with Gasteiger partial charge in [-0.1, -0.05) is 23.2 Å². The number of rotatable bonds is 9. The molecule has 0 radical (unpaired) electrons. The Balaban J connectivity index is 0.00000260. The highest BCUT2D eigenvalue weighted by atomic mass is 79.9. The molecule has 0 bridgehead atoms. The summed E-state index contributed by atoms with van der Waals surface area (Å²) < 4.78 is 13.4. The molecular formula is C34H34Br2Cl2N6O4. The summed E-state index contributed by atoms with van der Waals surface area (Å²) in [5.74, 6) is 1.37. The Bertz CT molecular complexity index is 1880. The third-order valence-electron chi connectivity index (χ3n) is 7.79. The van der Waals surface area contributed by atoms with Crippen molar-refractivity contribution < 1.29 is 19.1 Å². The molecule has 0 spiro atoms. The number of hydrogen-bond donors (Lipinski definition) is 1. The van der Waals surface area contributed by atoms with Gasteiger partial charge in [0.2, 0.25) is 5.88 Å². The lowest BCUT2D eigenvalue weighted by Gasteiger charge is -2.34. The second-order valence-corrected chi connectivity index (χ2v) is 11.7. The number of piperazine rings is 1. The molecule has 0 saturated carbocycles. The number of carbonyl (C=O) groups is 2. The zero-order chi connectivity index (χ0) is 32.2. The van der Waals surface area contributed by atoms with E-state index in [1.165, 1.54) is 12.3 Å². The molecule has 1 N–H and O–H groups in total. The van der Waals surface area contributed by atoms with E-state index in [0.717, 1.165) is 42.0 Å². The van der Waals surface area contributed by atoms with Gasteiger partial charge in [0.15, 0.2) is 0 Å². The largest absolute Gasteiger partial charge is 0.492 e. The van der Waals surface area contributed by atoms with Crippen LogP contribution >= 0.6 is 57.2 Å². The minimum atomic E-state index is -0.336. The first-order valence-corrected chi connectivity index (χ1v) is 15.6. The van der Waals surface area contributed by atoms with Crippen LogP contribution in [0.5, 0.6) is 17.4 Å². The van der Waals surface area contributed by atoms with E-state index in [-0.39, 0.29) is 45.8 Å². The van der Waals surface area contributed by atoms with Crippen molar-refractivity contribution >= 4 is 85.6 Å². The van der Waals surface area contributed by atoms with Crippen LogP contribution in [0, 0.1) is 0 Å². The van der Waals surface area contributed by atoms with Gasteiger partial charge in [0, 0.05) is 62.3 Å². The smallest absolute Gasteiger partial charge is 0.270 e. The normalized spacial score (nSPS) is 13.0. The van der Waals surface area contributed by atoms with Crippen LogP contribution in [-0.2, 0) is 13.6 Å². The Kier molecular flexibility index (Phi) is 12.9. The van der Waals surface area contributed by atoms with E-state index in [1.807, 2.05) is 59.8 Å². The van der Waals surface area contributed by atoms with Crippen LogP contribution < -0.4 is 14.8 Å². The van der Waals surface area contributed by atoms with Crippen LogP contribution in [0.2, 0.25) is 10.0 Å². The van der Waals surface area contributed by atoms with Crippen molar-refractivity contribution in [3.63, 3.8) is 0 Å². The molecule has 14 heteroatoms. The van der Waals surface area contributed by atoms with E-state index in [0.29, 0.717) is 58.3 Å². The number of amides is 2. The van der Waals surface area contributed by atoms with E-state index in [2.05, 4.69) is 20.2 Å². The molecule has 2 amide bonds. The van der Waals surface area contributed by atoms with Crippen LogP contribution in [0.25, 0.3) is 10.9 Å². The molecule has 0 unspecified atom stereocenters. The van der Waals surface area contributed by atoms with Gasteiger partial charge in [0.1, 0.15) is 17.2 Å². The summed E-state index contributed by atoms with van der Waals surface area (Å²) >= 11 is 12.0. The number of carbonyl (C=O) groups excluding carboxylic acids is 2. The van der Waals surface area contributed by atoms with Gasteiger partial charge in [0.25, 0.3) is 11.8 Å². The first-order chi connectivity index (χ1) is 22.3. The number of aryl methyl sites for hydroxylation is 1. The third kappa shape index (κ3) is 8.66. The highest BCUT2D eigenvalue weighted by Gasteiger charge is 2.25. The highest BCUT2D eigenvalue weighted by Crippen LogP contribution is 2.28. The van der Waals surface area contributed by atoms with Crippen molar-refractivity contribution in [3.05, 3.63) is 106 Å². The predicted molar refractivity (Wildman–Crippen MR) is 199 cm³/mol. The Morgan fingerprint density at radius 1 is 0.854 bits per heavy atom. The van der Waals surface area contributed by atoms with Gasteiger partial charge in [-0.15, -0.1) is 34.0 Å². The number of benzene rings is 2. The topological polar surface area (TPSA) is 102 Å². The molecule has 1 aliphatic rings. The van der Waals surface area contributed by atoms with Gasteiger partial charge in [-0.25, -0.2) is 4.98 Å². The lowest BCUT2D eigenvalue weighted by atomic mass is 10.2. The summed E-state index contributed by atoms with van der Waals surface area (Å²) in [5, 5.41) is 4.34. The molecular weight excluding hydrogens is 787 g/mol. The van der Waals surface area contributed by atoms with Gasteiger partial charge in [-0.2, -0.15) is 0 Å². The van der Waals surface area contributed by atoms with Crippen molar-refractivity contribution in [2.24, 2.45) is 7.05 Å². The maximum absolute atomic E-state index is 13.5. The molecule has 252 valence electrons. The van der Waals surface area contributed by atoms with Crippen LogP contribution in [0.4, 0.5) is 5.69 Å². The highest BCUT2D eigenvalue weighted by molar-refractivity contribution is 8.93. The quantitative estimate of drug-likeness (QED) is 0.162. The fourth-order valence-corrected chi connectivity index (χ4v) is 5.63. The van der Waals surface area contributed by atoms with Crippen LogP contribution in [-0.4, -0.2) is 68.9 Å². The first kappa shape index (κ1) is 37.1. The van der Waals surface area contributed by atoms with Crippen molar-refractivity contribution in [3.8, 4) is 17.4 Å². The Labute approximate surface area is 309 Å². The van der Waals surface area contributed by atoms with Crippen LogP contribution in [0.15, 0.2) is 79.1 Å². The molecule has 1 saturated heterocycles. The van der Waals surface area contributed by atoms with Crippen molar-refractivity contribution in [1.29, 1.82) is 0 Å². The van der Waals surface area contributed by atoms with Gasteiger partial charge in [0.05, 0.1) is 40.4 Å². The second-order valence-electron chi connectivity index (χ2n) is 10.9. The zero-order valence-corrected chi connectivity index (χ0v) is 31.1. The maximum atomic E-state index is 13.5. The van der Waals surface area contributed by atoms with Gasteiger partial charge in [-0.3, -0.25) is 19.5 Å². The summed E-state index contributed by atoms with van der Waals surface area (Å²) in [6.45, 7) is 6.12. The fraction of sp³-hybridized carbons (Fsp3) is 0.235. The van der Waals surface area contributed by atoms with Gasteiger partial charge >= 0.3 is 0 Å². The fourth-order valence-electron chi connectivity index (χ4n) is 5.33. The Morgan fingerprint density at radius 3 is 2.29 bits per heavy atom. The number of hydrogen-bond acceptors (Lipinski definition) is 7. The molecule has 6 rings (SSSR count). The third-order valence-corrected chi connectivity index (χ3v) is 8.52. The number of anilines is 1. The molecule has 0 aliphatic carbocycles. The Morgan fingerprint density at radius 2 is 1.62 bits per heavy atom. The summed E-state index contributed by atoms with van der Waals surface area (Å²) in [6, 6.07) is 19.5. The number of aromatic nitrogens is 3. The zero-order valence-electron chi connectivity index (χ0n) is 26.2. The van der Waals surface area contributed by atoms with E-state index in [4.69, 9.17) is 32.7 Å². The van der Waals surface area contributed by atoms with Crippen molar-refractivity contribution in [2.75, 3.05) is 38.1 Å². The van der Waals surface area contributed by atoms with Crippen LogP contribution in [0.3, 0.4) is 0 Å². The molecule has 10 nitrogen and oxygen atoms in total. The molecule has 1 aliphatic heterocycles. The number of nitrogens with one attached hydrogen (secondary N) is 1. The van der Waals surface area contributed by atoms with Crippen molar-refractivity contribution in [1.82, 2.24) is 24.3 Å². The maximum Gasteiger partial charge on any atom is 0.270 e. The number of halogens is 4. The number of nitrogens with zero attached hydrogens (tertiary/aromatic N) is 5. The minimum Gasteiger partial charge on any atom is -0.492 e. The summed E-state index contributed by atoms with van der Waals surface area (Å²) in [6.07, 6.45) is 3.27. The molecule has 2 aromatic carbocycles.